The third kappa shape index (κ3) is 2.86. The number of aryl methyl sites for hydroxylation is 1. The number of nitrogens with zero attached hydrogens (tertiary/aromatic N) is 1. The van der Waals surface area contributed by atoms with Crippen LogP contribution in [0, 0.1) is 6.92 Å². The maximum absolute atomic E-state index is 11.9. The summed E-state index contributed by atoms with van der Waals surface area (Å²) in [5.74, 6) is 0.179. The van der Waals surface area contributed by atoms with E-state index in [1.807, 2.05) is 19.1 Å². The molecule has 1 aromatic heterocycles. The fraction of sp³-hybridized carbons (Fsp3) is 0.182. The van der Waals surface area contributed by atoms with Crippen LogP contribution < -0.4 is 11.0 Å². The zero-order valence-electron chi connectivity index (χ0n) is 9.58. The second-order valence-corrected chi connectivity index (χ2v) is 4.68. The lowest BCUT2D eigenvalue weighted by atomic mass is 10.1. The Hall–Kier alpha value is -1.89. The smallest absolute Gasteiger partial charge is 0.340 e. The number of H-pyrrole nitrogens is 2. The van der Waals surface area contributed by atoms with Gasteiger partial charge in [0.25, 0.3) is 5.91 Å². The molecule has 2 rings (SSSR count). The topological polar surface area (TPSA) is 90.6 Å². The van der Waals surface area contributed by atoms with Gasteiger partial charge in [-0.2, -0.15) is 5.10 Å². The molecule has 0 saturated heterocycles. The van der Waals surface area contributed by atoms with E-state index in [2.05, 4.69) is 36.4 Å². The van der Waals surface area contributed by atoms with E-state index in [1.165, 1.54) is 0 Å². The summed E-state index contributed by atoms with van der Waals surface area (Å²) in [5.41, 5.74) is 1.08. The van der Waals surface area contributed by atoms with Crippen molar-refractivity contribution in [2.45, 2.75) is 13.5 Å². The lowest BCUT2D eigenvalue weighted by Crippen LogP contribution is -2.24. The normalized spacial score (nSPS) is 10.3. The van der Waals surface area contributed by atoms with Gasteiger partial charge in [0, 0.05) is 10.0 Å². The Morgan fingerprint density at radius 1 is 1.50 bits per heavy atom. The molecular formula is C11H11BrN4O2. The summed E-state index contributed by atoms with van der Waals surface area (Å²) in [6.45, 7) is 2.03. The van der Waals surface area contributed by atoms with Crippen LogP contribution in [0.2, 0.25) is 0 Å². The average molecular weight is 311 g/mol. The fourth-order valence-corrected chi connectivity index (χ4v) is 1.85. The van der Waals surface area contributed by atoms with Gasteiger partial charge in [0.15, 0.2) is 0 Å². The van der Waals surface area contributed by atoms with Crippen LogP contribution in [0.15, 0.2) is 27.5 Å². The Bertz CT molecular complexity index is 632. The van der Waals surface area contributed by atoms with Crippen LogP contribution in [0.25, 0.3) is 0 Å². The number of amides is 1. The maximum Gasteiger partial charge on any atom is 0.340 e. The molecule has 0 fully saturated rings. The Morgan fingerprint density at radius 3 is 2.94 bits per heavy atom. The summed E-state index contributed by atoms with van der Waals surface area (Å²) < 4.78 is 0.839. The lowest BCUT2D eigenvalue weighted by Gasteiger charge is -2.06. The Kier molecular flexibility index (Phi) is 3.61. The van der Waals surface area contributed by atoms with Gasteiger partial charge in [-0.25, -0.2) is 9.89 Å². The number of benzene rings is 1. The molecule has 0 unspecified atom stereocenters. The van der Waals surface area contributed by atoms with Crippen LogP contribution in [0.1, 0.15) is 21.7 Å². The monoisotopic (exact) mass is 310 g/mol. The number of halogens is 1. The summed E-state index contributed by atoms with van der Waals surface area (Å²) in [5, 5.41) is 8.62. The minimum atomic E-state index is -0.391. The van der Waals surface area contributed by atoms with Gasteiger partial charge >= 0.3 is 5.69 Å². The van der Waals surface area contributed by atoms with Crippen molar-refractivity contribution >= 4 is 21.8 Å². The third-order valence-electron chi connectivity index (χ3n) is 2.41. The van der Waals surface area contributed by atoms with Crippen LogP contribution in [-0.4, -0.2) is 21.1 Å². The van der Waals surface area contributed by atoms with Crippen LogP contribution in [0.5, 0.6) is 0 Å². The van der Waals surface area contributed by atoms with E-state index < -0.39 is 5.69 Å². The molecule has 0 bridgehead atoms. The summed E-state index contributed by atoms with van der Waals surface area (Å²) in [6.07, 6.45) is 0. The minimum absolute atomic E-state index is 0.170. The second-order valence-electron chi connectivity index (χ2n) is 3.77. The first-order chi connectivity index (χ1) is 8.56. The molecule has 0 aliphatic rings. The van der Waals surface area contributed by atoms with Gasteiger partial charge in [-0.05, 0) is 24.6 Å². The highest BCUT2D eigenvalue weighted by Crippen LogP contribution is 2.15. The maximum atomic E-state index is 11.9. The summed E-state index contributed by atoms with van der Waals surface area (Å²) >= 11 is 3.32. The SMILES string of the molecule is Cc1ccc(Br)cc1C(=O)NCc1n[nH]c(=O)[nH]1. The van der Waals surface area contributed by atoms with Gasteiger partial charge in [-0.3, -0.25) is 9.78 Å². The zero-order valence-corrected chi connectivity index (χ0v) is 11.2. The number of aromatic nitrogens is 3. The van der Waals surface area contributed by atoms with Crippen molar-refractivity contribution in [1.29, 1.82) is 0 Å². The third-order valence-corrected chi connectivity index (χ3v) is 2.90. The van der Waals surface area contributed by atoms with Crippen molar-refractivity contribution in [3.05, 3.63) is 50.1 Å². The summed E-state index contributed by atoms with van der Waals surface area (Å²) in [7, 11) is 0. The molecular weight excluding hydrogens is 300 g/mol. The minimum Gasteiger partial charge on any atom is -0.345 e. The van der Waals surface area contributed by atoms with Crippen molar-refractivity contribution < 1.29 is 4.79 Å². The van der Waals surface area contributed by atoms with Crippen molar-refractivity contribution in [2.75, 3.05) is 0 Å². The molecule has 0 spiro atoms. The first-order valence-corrected chi connectivity index (χ1v) is 6.03. The highest BCUT2D eigenvalue weighted by molar-refractivity contribution is 9.10. The van der Waals surface area contributed by atoms with E-state index in [1.54, 1.807) is 6.07 Å². The number of nitrogens with one attached hydrogen (secondary N) is 3. The molecule has 0 aliphatic carbocycles. The molecule has 0 radical (unpaired) electrons. The summed E-state index contributed by atoms with van der Waals surface area (Å²) in [6, 6.07) is 5.48. The highest BCUT2D eigenvalue weighted by Gasteiger charge is 2.09. The van der Waals surface area contributed by atoms with Crippen LogP contribution >= 0.6 is 15.9 Å². The Labute approximate surface area is 111 Å². The van der Waals surface area contributed by atoms with Crippen molar-refractivity contribution in [2.24, 2.45) is 0 Å². The molecule has 2 aromatic rings. The number of carbonyl (C=O) groups is 1. The van der Waals surface area contributed by atoms with E-state index in [0.29, 0.717) is 11.4 Å². The number of carbonyl (C=O) groups excluding carboxylic acids is 1. The zero-order chi connectivity index (χ0) is 13.1. The standard InChI is InChI=1S/C11H11BrN4O2/c1-6-2-3-7(12)4-8(6)10(17)13-5-9-14-11(18)16-15-9/h2-4H,5H2,1H3,(H,13,17)(H2,14,15,16,18). The first-order valence-electron chi connectivity index (χ1n) is 5.24. The van der Waals surface area contributed by atoms with Crippen molar-refractivity contribution in [3.63, 3.8) is 0 Å². The van der Waals surface area contributed by atoms with Crippen molar-refractivity contribution in [1.82, 2.24) is 20.5 Å². The number of hydrogen-bond acceptors (Lipinski definition) is 3. The van der Waals surface area contributed by atoms with Crippen LogP contribution in [0.4, 0.5) is 0 Å². The Balaban J connectivity index is 2.08. The second kappa shape index (κ2) is 5.18. The van der Waals surface area contributed by atoms with Gasteiger partial charge in [0.2, 0.25) is 0 Å². The number of hydrogen-bond donors (Lipinski definition) is 3. The number of rotatable bonds is 3. The Morgan fingerprint density at radius 2 is 2.28 bits per heavy atom. The van der Waals surface area contributed by atoms with Gasteiger partial charge in [0.1, 0.15) is 5.82 Å². The van der Waals surface area contributed by atoms with Crippen molar-refractivity contribution in [3.8, 4) is 0 Å². The quantitative estimate of drug-likeness (QED) is 0.793. The van der Waals surface area contributed by atoms with E-state index in [9.17, 15) is 9.59 Å². The lowest BCUT2D eigenvalue weighted by molar-refractivity contribution is 0.0949. The van der Waals surface area contributed by atoms with Gasteiger partial charge in [-0.15, -0.1) is 0 Å². The molecule has 0 aliphatic heterocycles. The predicted octanol–water partition coefficient (Wildman–Crippen LogP) is 1.10. The molecule has 6 nitrogen and oxygen atoms in total. The fourth-order valence-electron chi connectivity index (χ4n) is 1.49. The average Bonchev–Trinajstić information content (AvgIpc) is 2.75. The van der Waals surface area contributed by atoms with Gasteiger partial charge in [-0.1, -0.05) is 22.0 Å². The largest absolute Gasteiger partial charge is 0.345 e. The molecule has 94 valence electrons. The predicted molar refractivity (Wildman–Crippen MR) is 69.3 cm³/mol. The molecule has 7 heteroatoms. The van der Waals surface area contributed by atoms with Crippen LogP contribution in [0.3, 0.4) is 0 Å². The van der Waals surface area contributed by atoms with E-state index in [-0.39, 0.29) is 12.5 Å². The molecule has 1 amide bonds. The van der Waals surface area contributed by atoms with E-state index in [4.69, 9.17) is 0 Å². The van der Waals surface area contributed by atoms with E-state index >= 15 is 0 Å². The number of aromatic amines is 2. The van der Waals surface area contributed by atoms with E-state index in [0.717, 1.165) is 10.0 Å². The summed E-state index contributed by atoms with van der Waals surface area (Å²) in [4.78, 5) is 25.2. The molecule has 1 aromatic carbocycles. The molecule has 3 N–H and O–H groups in total. The molecule has 1 heterocycles. The first kappa shape index (κ1) is 12.6. The molecule has 0 atom stereocenters. The molecule has 18 heavy (non-hydrogen) atoms. The van der Waals surface area contributed by atoms with Gasteiger partial charge < -0.3 is 5.32 Å². The van der Waals surface area contributed by atoms with Gasteiger partial charge in [0.05, 0.1) is 6.54 Å². The molecule has 0 saturated carbocycles. The van der Waals surface area contributed by atoms with Crippen LogP contribution in [-0.2, 0) is 6.54 Å². The highest BCUT2D eigenvalue weighted by atomic mass is 79.9.